The molecule has 0 radical (unpaired) electrons. The maximum atomic E-state index is 13.1. The number of carbonyl (C=O) groups excluding carboxylic acids is 1. The lowest BCUT2D eigenvalue weighted by atomic mass is 10.1. The van der Waals surface area contributed by atoms with Crippen molar-refractivity contribution in [3.05, 3.63) is 76.9 Å². The number of aryl methyl sites for hydroxylation is 1. The average Bonchev–Trinajstić information content (AvgIpc) is 3.35. The van der Waals surface area contributed by atoms with Gasteiger partial charge in [0.25, 0.3) is 5.91 Å². The lowest BCUT2D eigenvalue weighted by molar-refractivity contribution is 0.0998. The Balaban J connectivity index is 1.63. The van der Waals surface area contributed by atoms with E-state index in [1.807, 2.05) is 41.8 Å². The molecule has 0 aliphatic rings. The number of amides is 1. The molecule has 2 heterocycles. The molecule has 0 aliphatic carbocycles. The fraction of sp³-hybridized carbons (Fsp3) is 0.136. The van der Waals surface area contributed by atoms with Crippen LogP contribution in [0.1, 0.15) is 21.7 Å². The number of thioether (sulfide) groups is 1. The van der Waals surface area contributed by atoms with E-state index in [0.717, 1.165) is 27.0 Å². The van der Waals surface area contributed by atoms with Crippen LogP contribution in [0.25, 0.3) is 11.0 Å². The number of sulfonamides is 1. The van der Waals surface area contributed by atoms with Crippen molar-refractivity contribution < 1.29 is 17.6 Å². The van der Waals surface area contributed by atoms with Gasteiger partial charge >= 0.3 is 0 Å². The molecule has 6 nitrogen and oxygen atoms in total. The molecule has 0 spiro atoms. The second-order valence-electron chi connectivity index (χ2n) is 6.98. The molecule has 0 unspecified atom stereocenters. The molecule has 31 heavy (non-hydrogen) atoms. The largest absolute Gasteiger partial charge is 0.451 e. The van der Waals surface area contributed by atoms with Crippen LogP contribution in [-0.2, 0) is 15.8 Å². The molecule has 9 heteroatoms. The number of hydrogen-bond donors (Lipinski definition) is 2. The number of anilines is 2. The van der Waals surface area contributed by atoms with Crippen LogP contribution in [0.3, 0.4) is 0 Å². The predicted molar refractivity (Wildman–Crippen MR) is 128 cm³/mol. The van der Waals surface area contributed by atoms with Crippen molar-refractivity contribution in [1.82, 2.24) is 0 Å². The van der Waals surface area contributed by atoms with Gasteiger partial charge in [-0.25, -0.2) is 8.42 Å². The van der Waals surface area contributed by atoms with E-state index in [2.05, 4.69) is 10.0 Å². The first kappa shape index (κ1) is 21.5. The van der Waals surface area contributed by atoms with E-state index in [0.29, 0.717) is 22.7 Å². The Morgan fingerprint density at radius 1 is 1.13 bits per heavy atom. The van der Waals surface area contributed by atoms with Gasteiger partial charge in [-0.3, -0.25) is 9.52 Å². The fourth-order valence-electron chi connectivity index (χ4n) is 3.11. The molecule has 2 aromatic heterocycles. The van der Waals surface area contributed by atoms with Crippen molar-refractivity contribution in [2.45, 2.75) is 16.9 Å². The summed E-state index contributed by atoms with van der Waals surface area (Å²) in [5.41, 5.74) is 3.11. The second kappa shape index (κ2) is 8.78. The minimum Gasteiger partial charge on any atom is -0.451 e. The normalized spacial score (nSPS) is 11.5. The number of rotatable bonds is 7. The number of benzene rings is 2. The zero-order chi connectivity index (χ0) is 22.0. The van der Waals surface area contributed by atoms with Gasteiger partial charge < -0.3 is 9.73 Å². The fourth-order valence-corrected chi connectivity index (χ4v) is 5.54. The molecule has 4 aromatic rings. The van der Waals surface area contributed by atoms with E-state index < -0.39 is 10.0 Å². The molecule has 4 rings (SSSR count). The minimum atomic E-state index is -3.43. The van der Waals surface area contributed by atoms with Gasteiger partial charge in [-0.1, -0.05) is 30.3 Å². The van der Waals surface area contributed by atoms with Crippen LogP contribution in [0.15, 0.2) is 68.6 Å². The van der Waals surface area contributed by atoms with Gasteiger partial charge in [-0.05, 0) is 42.1 Å². The van der Waals surface area contributed by atoms with Crippen molar-refractivity contribution >= 4 is 61.4 Å². The maximum absolute atomic E-state index is 13.1. The highest BCUT2D eigenvalue weighted by Crippen LogP contribution is 2.34. The van der Waals surface area contributed by atoms with Gasteiger partial charge in [-0.15, -0.1) is 23.1 Å². The topological polar surface area (TPSA) is 88.4 Å². The first-order chi connectivity index (χ1) is 14.8. The van der Waals surface area contributed by atoms with Gasteiger partial charge in [-0.2, -0.15) is 0 Å². The molecule has 0 fully saturated rings. The van der Waals surface area contributed by atoms with E-state index >= 15 is 0 Å². The highest BCUT2D eigenvalue weighted by Gasteiger charge is 2.21. The van der Waals surface area contributed by atoms with Crippen LogP contribution < -0.4 is 10.0 Å². The van der Waals surface area contributed by atoms with Crippen molar-refractivity contribution in [1.29, 1.82) is 0 Å². The number of thiophene rings is 1. The third-order valence-electron chi connectivity index (χ3n) is 4.55. The molecule has 2 N–H and O–H groups in total. The molecule has 0 saturated carbocycles. The number of hydrogen-bond acceptors (Lipinski definition) is 6. The van der Waals surface area contributed by atoms with E-state index in [-0.39, 0.29) is 11.7 Å². The van der Waals surface area contributed by atoms with E-state index in [9.17, 15) is 13.2 Å². The summed E-state index contributed by atoms with van der Waals surface area (Å²) < 4.78 is 32.7. The Labute approximate surface area is 188 Å². The molecular weight excluding hydrogens is 452 g/mol. The summed E-state index contributed by atoms with van der Waals surface area (Å²) in [5.74, 6) is 0.463. The van der Waals surface area contributed by atoms with Crippen LogP contribution >= 0.6 is 23.1 Å². The van der Waals surface area contributed by atoms with Crippen LogP contribution in [0, 0.1) is 6.92 Å². The summed E-state index contributed by atoms with van der Waals surface area (Å²) in [6.45, 7) is 1.79. The van der Waals surface area contributed by atoms with Crippen LogP contribution in [0.4, 0.5) is 11.4 Å². The number of carbonyl (C=O) groups is 1. The van der Waals surface area contributed by atoms with Gasteiger partial charge in [0.2, 0.25) is 10.0 Å². The Morgan fingerprint density at radius 2 is 1.94 bits per heavy atom. The lowest BCUT2D eigenvalue weighted by Gasteiger charge is -2.11. The molecule has 2 aromatic carbocycles. The monoisotopic (exact) mass is 472 g/mol. The number of nitrogens with one attached hydrogen (secondary N) is 2. The molecule has 0 saturated heterocycles. The lowest BCUT2D eigenvalue weighted by Crippen LogP contribution is -2.14. The van der Waals surface area contributed by atoms with E-state index in [4.69, 9.17) is 4.42 Å². The highest BCUT2D eigenvalue weighted by molar-refractivity contribution is 8.00. The summed E-state index contributed by atoms with van der Waals surface area (Å²) in [6.07, 6.45) is 1.09. The van der Waals surface area contributed by atoms with Crippen LogP contribution in [0.5, 0.6) is 0 Å². The van der Waals surface area contributed by atoms with Crippen molar-refractivity contribution in [2.75, 3.05) is 16.3 Å². The summed E-state index contributed by atoms with van der Waals surface area (Å²) in [7, 11) is -3.43. The summed E-state index contributed by atoms with van der Waals surface area (Å²) in [6, 6.07) is 16.7. The van der Waals surface area contributed by atoms with Gasteiger partial charge in [0.1, 0.15) is 5.58 Å². The van der Waals surface area contributed by atoms with Crippen LogP contribution in [0.2, 0.25) is 0 Å². The van der Waals surface area contributed by atoms with Gasteiger partial charge in [0, 0.05) is 22.4 Å². The minimum absolute atomic E-state index is 0.253. The molecule has 1 amide bonds. The molecule has 0 atom stereocenters. The molecule has 0 aliphatic heterocycles. The zero-order valence-electron chi connectivity index (χ0n) is 16.8. The Morgan fingerprint density at radius 3 is 2.68 bits per heavy atom. The number of fused-ring (bicyclic) bond motifs is 1. The predicted octanol–water partition coefficient (Wildman–Crippen LogP) is 5.72. The standard InChI is InChI=1S/C22H20N2O4S3/c1-14-9-10-15(12-18(14)24-31(2,26)27)23-22(25)21-17(13-30-20-8-5-11-29-20)16-6-3-4-7-19(16)28-21/h3-12,24H,13H2,1-2H3,(H,23,25). The molecule has 0 bridgehead atoms. The Hall–Kier alpha value is -2.75. The van der Waals surface area contributed by atoms with Gasteiger partial charge in [0.15, 0.2) is 5.76 Å². The van der Waals surface area contributed by atoms with Crippen molar-refractivity contribution in [3.8, 4) is 0 Å². The maximum Gasteiger partial charge on any atom is 0.291 e. The summed E-state index contributed by atoms with van der Waals surface area (Å²) in [4.78, 5) is 13.1. The molecular formula is C22H20N2O4S3. The third kappa shape index (κ3) is 5.12. The smallest absolute Gasteiger partial charge is 0.291 e. The number of furan rings is 1. The van der Waals surface area contributed by atoms with Crippen LogP contribution in [-0.4, -0.2) is 20.6 Å². The van der Waals surface area contributed by atoms with E-state index in [1.54, 1.807) is 48.2 Å². The first-order valence-corrected chi connectivity index (χ1v) is 13.1. The SMILES string of the molecule is Cc1ccc(NC(=O)c2oc3ccccc3c2CSc2cccs2)cc1NS(C)(=O)=O. The third-order valence-corrected chi connectivity index (χ3v) is 7.30. The van der Waals surface area contributed by atoms with Crippen molar-refractivity contribution in [3.63, 3.8) is 0 Å². The Bertz CT molecular complexity index is 1340. The Kier molecular flexibility index (Phi) is 6.08. The summed E-state index contributed by atoms with van der Waals surface area (Å²) >= 11 is 3.30. The highest BCUT2D eigenvalue weighted by atomic mass is 32.2. The quantitative estimate of drug-likeness (QED) is 0.336. The first-order valence-electron chi connectivity index (χ1n) is 9.36. The summed E-state index contributed by atoms with van der Waals surface area (Å²) in [5, 5.41) is 5.75. The van der Waals surface area contributed by atoms with E-state index in [1.165, 1.54) is 0 Å². The molecule has 160 valence electrons. The van der Waals surface area contributed by atoms with Crippen molar-refractivity contribution in [2.24, 2.45) is 0 Å². The number of para-hydroxylation sites is 1. The van der Waals surface area contributed by atoms with Gasteiger partial charge in [0.05, 0.1) is 16.2 Å². The zero-order valence-corrected chi connectivity index (χ0v) is 19.3. The average molecular weight is 473 g/mol. The second-order valence-corrected chi connectivity index (χ2v) is 11.0.